The smallest absolute Gasteiger partial charge is 0.309 e. The first kappa shape index (κ1) is 13.9. The lowest BCUT2D eigenvalue weighted by Crippen LogP contribution is -2.34. The molecule has 0 aromatic heterocycles. The zero-order valence-electron chi connectivity index (χ0n) is 11.4. The molecule has 0 saturated carbocycles. The van der Waals surface area contributed by atoms with Crippen LogP contribution >= 0.6 is 0 Å². The molecule has 0 aliphatic heterocycles. The van der Waals surface area contributed by atoms with Crippen LogP contribution in [0.25, 0.3) is 0 Å². The Kier molecular flexibility index (Phi) is 4.10. The first-order valence-corrected chi connectivity index (χ1v) is 6.65. The number of esters is 1. The second-order valence-electron chi connectivity index (χ2n) is 4.85. The number of fused-ring (bicyclic) bond motifs is 1. The van der Waals surface area contributed by atoms with Crippen molar-refractivity contribution in [1.82, 2.24) is 0 Å². The van der Waals surface area contributed by atoms with Crippen molar-refractivity contribution in [2.75, 3.05) is 13.7 Å². The summed E-state index contributed by atoms with van der Waals surface area (Å²) in [7, 11) is 1.62. The molecule has 104 valence electrons. The highest BCUT2D eigenvalue weighted by molar-refractivity contribution is 5.71. The Bertz CT molecular complexity index is 469. The molecule has 2 rings (SSSR count). The highest BCUT2D eigenvalue weighted by Crippen LogP contribution is 2.41. The maximum atomic E-state index is 11.7. The standard InChI is InChI=1S/C15H20O4/c1-3-19-14(16)10-15(17)9-5-6-11-12(15)7-4-8-13(11)18-2/h4,7-8,17H,3,5-6,9-10H2,1-2H3. The average Bonchev–Trinajstić information content (AvgIpc) is 2.38. The van der Waals surface area contributed by atoms with E-state index in [0.717, 1.165) is 29.7 Å². The molecule has 0 fully saturated rings. The van der Waals surface area contributed by atoms with Crippen molar-refractivity contribution >= 4 is 5.97 Å². The Morgan fingerprint density at radius 2 is 2.26 bits per heavy atom. The summed E-state index contributed by atoms with van der Waals surface area (Å²) in [5.74, 6) is 0.417. The fourth-order valence-electron chi connectivity index (χ4n) is 2.78. The number of rotatable bonds is 4. The minimum atomic E-state index is -1.13. The molecule has 1 aromatic rings. The summed E-state index contributed by atoms with van der Waals surface area (Å²) in [6.07, 6.45) is 2.28. The number of benzene rings is 1. The maximum absolute atomic E-state index is 11.7. The number of carbonyl (C=O) groups excluding carboxylic acids is 1. The fraction of sp³-hybridized carbons (Fsp3) is 0.533. The van der Waals surface area contributed by atoms with Gasteiger partial charge in [0.15, 0.2) is 0 Å². The molecule has 1 aliphatic rings. The second-order valence-corrected chi connectivity index (χ2v) is 4.85. The monoisotopic (exact) mass is 264 g/mol. The topological polar surface area (TPSA) is 55.8 Å². The molecular weight excluding hydrogens is 244 g/mol. The molecule has 1 aliphatic carbocycles. The molecule has 0 heterocycles. The van der Waals surface area contributed by atoms with Gasteiger partial charge < -0.3 is 14.6 Å². The molecule has 19 heavy (non-hydrogen) atoms. The molecule has 0 spiro atoms. The fourth-order valence-corrected chi connectivity index (χ4v) is 2.78. The number of ether oxygens (including phenoxy) is 2. The largest absolute Gasteiger partial charge is 0.496 e. The lowest BCUT2D eigenvalue weighted by molar-refractivity contribution is -0.149. The van der Waals surface area contributed by atoms with Crippen LogP contribution in [-0.4, -0.2) is 24.8 Å². The van der Waals surface area contributed by atoms with Crippen LogP contribution in [0, 0.1) is 0 Å². The lowest BCUT2D eigenvalue weighted by Gasteiger charge is -2.34. The van der Waals surface area contributed by atoms with E-state index in [1.54, 1.807) is 14.0 Å². The van der Waals surface area contributed by atoms with Crippen LogP contribution in [0.5, 0.6) is 5.75 Å². The van der Waals surface area contributed by atoms with Crippen LogP contribution in [0.1, 0.15) is 37.3 Å². The van der Waals surface area contributed by atoms with Crippen LogP contribution in [0.2, 0.25) is 0 Å². The van der Waals surface area contributed by atoms with Gasteiger partial charge in [0.2, 0.25) is 0 Å². The Hall–Kier alpha value is -1.55. The van der Waals surface area contributed by atoms with Gasteiger partial charge in [-0.2, -0.15) is 0 Å². The van der Waals surface area contributed by atoms with E-state index in [1.165, 1.54) is 0 Å². The summed E-state index contributed by atoms with van der Waals surface area (Å²) in [6.45, 7) is 2.10. The van der Waals surface area contributed by atoms with E-state index < -0.39 is 5.60 Å². The zero-order chi connectivity index (χ0) is 13.9. The van der Waals surface area contributed by atoms with Crippen LogP contribution in [0.15, 0.2) is 18.2 Å². The summed E-state index contributed by atoms with van der Waals surface area (Å²) in [5, 5.41) is 10.8. The van der Waals surface area contributed by atoms with Gasteiger partial charge in [-0.25, -0.2) is 0 Å². The quantitative estimate of drug-likeness (QED) is 0.847. The van der Waals surface area contributed by atoms with Gasteiger partial charge in [-0.3, -0.25) is 4.79 Å². The van der Waals surface area contributed by atoms with Gasteiger partial charge in [0, 0.05) is 5.56 Å². The van der Waals surface area contributed by atoms with Crippen LogP contribution in [-0.2, 0) is 21.6 Å². The minimum absolute atomic E-state index is 0.001000. The van der Waals surface area contributed by atoms with Crippen LogP contribution in [0.3, 0.4) is 0 Å². The first-order chi connectivity index (χ1) is 9.10. The molecule has 0 radical (unpaired) electrons. The summed E-state index contributed by atoms with van der Waals surface area (Å²) < 4.78 is 10.3. The molecule has 0 saturated heterocycles. The number of carbonyl (C=O) groups is 1. The van der Waals surface area contributed by atoms with Gasteiger partial charge in [-0.05, 0) is 37.8 Å². The molecule has 0 bridgehead atoms. The van der Waals surface area contributed by atoms with Gasteiger partial charge in [0.05, 0.1) is 20.1 Å². The second kappa shape index (κ2) is 5.61. The molecule has 1 aromatic carbocycles. The van der Waals surface area contributed by atoms with E-state index in [-0.39, 0.29) is 12.4 Å². The van der Waals surface area contributed by atoms with E-state index in [1.807, 2.05) is 18.2 Å². The van der Waals surface area contributed by atoms with Crippen LogP contribution in [0.4, 0.5) is 0 Å². The average molecular weight is 264 g/mol. The van der Waals surface area contributed by atoms with Crippen LogP contribution < -0.4 is 4.74 Å². The summed E-state index contributed by atoms with van der Waals surface area (Å²) in [5.41, 5.74) is 0.670. The van der Waals surface area contributed by atoms with Crippen molar-refractivity contribution < 1.29 is 19.4 Å². The van der Waals surface area contributed by atoms with Gasteiger partial charge in [0.1, 0.15) is 11.4 Å². The van der Waals surface area contributed by atoms with Crippen molar-refractivity contribution in [1.29, 1.82) is 0 Å². The van der Waals surface area contributed by atoms with Crippen molar-refractivity contribution in [2.45, 2.75) is 38.2 Å². The molecule has 1 unspecified atom stereocenters. The van der Waals surface area contributed by atoms with E-state index in [0.29, 0.717) is 13.0 Å². The van der Waals surface area contributed by atoms with E-state index in [9.17, 15) is 9.90 Å². The SMILES string of the molecule is CCOC(=O)CC1(O)CCCc2c(OC)cccc21. The number of hydrogen-bond donors (Lipinski definition) is 1. The number of hydrogen-bond acceptors (Lipinski definition) is 4. The Morgan fingerprint density at radius 3 is 2.95 bits per heavy atom. The predicted octanol–water partition coefficient (Wildman–Crippen LogP) is 2.17. The third-order valence-electron chi connectivity index (χ3n) is 3.61. The van der Waals surface area contributed by atoms with E-state index >= 15 is 0 Å². The van der Waals surface area contributed by atoms with Gasteiger partial charge in [-0.1, -0.05) is 12.1 Å². The number of methoxy groups -OCH3 is 1. The molecule has 4 heteroatoms. The molecule has 0 amide bonds. The van der Waals surface area contributed by atoms with Gasteiger partial charge in [0.25, 0.3) is 0 Å². The van der Waals surface area contributed by atoms with Crippen molar-refractivity contribution in [2.24, 2.45) is 0 Å². The summed E-state index contributed by atoms with van der Waals surface area (Å²) in [4.78, 5) is 11.7. The molecule has 4 nitrogen and oxygen atoms in total. The van der Waals surface area contributed by atoms with Crippen molar-refractivity contribution in [3.05, 3.63) is 29.3 Å². The van der Waals surface area contributed by atoms with Crippen molar-refractivity contribution in [3.63, 3.8) is 0 Å². The Balaban J connectivity index is 2.33. The highest BCUT2D eigenvalue weighted by Gasteiger charge is 2.38. The summed E-state index contributed by atoms with van der Waals surface area (Å²) in [6, 6.07) is 5.60. The Labute approximate surface area is 113 Å². The first-order valence-electron chi connectivity index (χ1n) is 6.65. The predicted molar refractivity (Wildman–Crippen MR) is 71.1 cm³/mol. The van der Waals surface area contributed by atoms with E-state index in [4.69, 9.17) is 9.47 Å². The third-order valence-corrected chi connectivity index (χ3v) is 3.61. The lowest BCUT2D eigenvalue weighted by atomic mass is 9.77. The highest BCUT2D eigenvalue weighted by atomic mass is 16.5. The maximum Gasteiger partial charge on any atom is 0.309 e. The zero-order valence-corrected chi connectivity index (χ0v) is 11.4. The van der Waals surface area contributed by atoms with Crippen molar-refractivity contribution in [3.8, 4) is 5.75 Å². The normalized spacial score (nSPS) is 21.6. The molecular formula is C15H20O4. The molecule has 1 atom stereocenters. The minimum Gasteiger partial charge on any atom is -0.496 e. The van der Waals surface area contributed by atoms with Gasteiger partial charge >= 0.3 is 5.97 Å². The van der Waals surface area contributed by atoms with Gasteiger partial charge in [-0.15, -0.1) is 0 Å². The third kappa shape index (κ3) is 2.73. The number of aliphatic hydroxyl groups is 1. The Morgan fingerprint density at radius 1 is 1.47 bits per heavy atom. The van der Waals surface area contributed by atoms with E-state index in [2.05, 4.69) is 0 Å². The molecule has 1 N–H and O–H groups in total. The summed E-state index contributed by atoms with van der Waals surface area (Å²) >= 11 is 0.